The Morgan fingerprint density at radius 2 is 2.20 bits per heavy atom. The van der Waals surface area contributed by atoms with Gasteiger partial charge < -0.3 is 9.84 Å². The number of carbonyl (C=O) groups is 1. The van der Waals surface area contributed by atoms with E-state index in [0.717, 1.165) is 42.3 Å². The molecule has 1 saturated heterocycles. The highest BCUT2D eigenvalue weighted by molar-refractivity contribution is 7.09. The fraction of sp³-hybridized carbons (Fsp3) is 0.333. The van der Waals surface area contributed by atoms with Gasteiger partial charge in [-0.25, -0.2) is 9.78 Å². The third-order valence-electron chi connectivity index (χ3n) is 3.47. The van der Waals surface area contributed by atoms with Gasteiger partial charge in [-0.3, -0.25) is 0 Å². The quantitative estimate of drug-likeness (QED) is 0.939. The van der Waals surface area contributed by atoms with Gasteiger partial charge in [-0.05, 0) is 24.5 Å². The second-order valence-corrected chi connectivity index (χ2v) is 5.89. The van der Waals surface area contributed by atoms with Crippen LogP contribution in [0.1, 0.15) is 21.8 Å². The van der Waals surface area contributed by atoms with Crippen molar-refractivity contribution in [1.29, 1.82) is 0 Å². The Hall–Kier alpha value is -1.72. The Morgan fingerprint density at radius 1 is 1.40 bits per heavy atom. The first-order valence-corrected chi connectivity index (χ1v) is 7.46. The van der Waals surface area contributed by atoms with Gasteiger partial charge in [0, 0.05) is 30.6 Å². The van der Waals surface area contributed by atoms with Crippen LogP contribution < -0.4 is 0 Å². The van der Waals surface area contributed by atoms with Crippen LogP contribution in [0.3, 0.4) is 0 Å². The Labute approximate surface area is 121 Å². The predicted molar refractivity (Wildman–Crippen MR) is 77.1 cm³/mol. The number of benzene rings is 1. The molecule has 3 rings (SSSR count). The average Bonchev–Trinajstić information content (AvgIpc) is 3.11. The lowest BCUT2D eigenvalue weighted by molar-refractivity contribution is 0.0697. The number of nitrogens with zero attached hydrogens (tertiary/aromatic N) is 1. The van der Waals surface area contributed by atoms with Crippen LogP contribution in [0, 0.1) is 5.92 Å². The number of hydrogen-bond acceptors (Lipinski definition) is 4. The van der Waals surface area contributed by atoms with E-state index in [1.807, 2.05) is 5.38 Å². The number of ether oxygens (including phenoxy) is 1. The number of aromatic nitrogens is 1. The second-order valence-electron chi connectivity index (χ2n) is 4.94. The monoisotopic (exact) mass is 289 g/mol. The molecule has 1 aromatic heterocycles. The molecule has 0 amide bonds. The van der Waals surface area contributed by atoms with Crippen LogP contribution in [0.4, 0.5) is 0 Å². The van der Waals surface area contributed by atoms with E-state index in [1.54, 1.807) is 35.6 Å². The summed E-state index contributed by atoms with van der Waals surface area (Å²) in [7, 11) is 0. The van der Waals surface area contributed by atoms with E-state index in [0.29, 0.717) is 11.5 Å². The summed E-state index contributed by atoms with van der Waals surface area (Å²) in [5, 5.41) is 12.0. The van der Waals surface area contributed by atoms with Crippen molar-refractivity contribution in [3.63, 3.8) is 0 Å². The molecule has 2 heterocycles. The van der Waals surface area contributed by atoms with E-state index in [2.05, 4.69) is 4.98 Å². The highest BCUT2D eigenvalue weighted by atomic mass is 32.1. The van der Waals surface area contributed by atoms with Gasteiger partial charge in [-0.1, -0.05) is 12.1 Å². The molecule has 0 saturated carbocycles. The molecular weight excluding hydrogens is 274 g/mol. The molecule has 1 aromatic carbocycles. The van der Waals surface area contributed by atoms with Gasteiger partial charge in [0.25, 0.3) is 0 Å². The second kappa shape index (κ2) is 5.73. The maximum atomic E-state index is 10.8. The number of thiazole rings is 1. The molecule has 5 heteroatoms. The van der Waals surface area contributed by atoms with Crippen molar-refractivity contribution in [2.24, 2.45) is 5.92 Å². The molecule has 1 aliphatic rings. The Kier molecular flexibility index (Phi) is 3.80. The SMILES string of the molecule is O=C(O)c1ccc(-c2csc(CC3CCOC3)n2)cc1. The van der Waals surface area contributed by atoms with Crippen LogP contribution in [0.2, 0.25) is 0 Å². The number of aromatic carboxylic acids is 1. The standard InChI is InChI=1S/C15H15NO3S/c17-15(18)12-3-1-11(2-4-12)13-9-20-14(16-13)7-10-5-6-19-8-10/h1-4,9-10H,5-8H2,(H,17,18). The molecule has 1 N–H and O–H groups in total. The van der Waals surface area contributed by atoms with Crippen LogP contribution in [-0.4, -0.2) is 29.3 Å². The van der Waals surface area contributed by atoms with Gasteiger partial charge in [-0.2, -0.15) is 0 Å². The van der Waals surface area contributed by atoms with E-state index >= 15 is 0 Å². The van der Waals surface area contributed by atoms with Gasteiger partial charge in [-0.15, -0.1) is 11.3 Å². The molecule has 4 nitrogen and oxygen atoms in total. The van der Waals surface area contributed by atoms with Crippen molar-refractivity contribution in [1.82, 2.24) is 4.98 Å². The van der Waals surface area contributed by atoms with E-state index in [9.17, 15) is 4.79 Å². The molecule has 1 fully saturated rings. The van der Waals surface area contributed by atoms with E-state index in [1.165, 1.54) is 0 Å². The highest BCUT2D eigenvalue weighted by Crippen LogP contribution is 2.25. The molecule has 104 valence electrons. The van der Waals surface area contributed by atoms with Crippen molar-refractivity contribution < 1.29 is 14.6 Å². The van der Waals surface area contributed by atoms with Crippen molar-refractivity contribution in [2.45, 2.75) is 12.8 Å². The molecule has 0 aliphatic carbocycles. The summed E-state index contributed by atoms with van der Waals surface area (Å²) in [6.45, 7) is 1.70. The number of rotatable bonds is 4. The van der Waals surface area contributed by atoms with Gasteiger partial charge >= 0.3 is 5.97 Å². The van der Waals surface area contributed by atoms with Crippen LogP contribution in [0.5, 0.6) is 0 Å². The molecule has 1 atom stereocenters. The minimum absolute atomic E-state index is 0.298. The van der Waals surface area contributed by atoms with E-state index in [-0.39, 0.29) is 0 Å². The average molecular weight is 289 g/mol. The van der Waals surface area contributed by atoms with Crippen molar-refractivity contribution in [2.75, 3.05) is 13.2 Å². The fourth-order valence-electron chi connectivity index (χ4n) is 2.31. The Balaban J connectivity index is 1.73. The first-order chi connectivity index (χ1) is 9.72. The molecule has 0 spiro atoms. The van der Waals surface area contributed by atoms with Gasteiger partial charge in [0.15, 0.2) is 0 Å². The lowest BCUT2D eigenvalue weighted by Crippen LogP contribution is -2.03. The van der Waals surface area contributed by atoms with Crippen LogP contribution in [-0.2, 0) is 11.2 Å². The number of hydrogen-bond donors (Lipinski definition) is 1. The molecule has 0 bridgehead atoms. The van der Waals surface area contributed by atoms with Gasteiger partial charge in [0.2, 0.25) is 0 Å². The summed E-state index contributed by atoms with van der Waals surface area (Å²) in [6, 6.07) is 6.84. The molecule has 20 heavy (non-hydrogen) atoms. The first-order valence-electron chi connectivity index (χ1n) is 6.58. The summed E-state index contributed by atoms with van der Waals surface area (Å²) >= 11 is 1.66. The maximum Gasteiger partial charge on any atom is 0.335 e. The van der Waals surface area contributed by atoms with E-state index in [4.69, 9.17) is 9.84 Å². The first kappa shape index (κ1) is 13.3. The Bertz CT molecular complexity index is 600. The van der Waals surface area contributed by atoms with E-state index < -0.39 is 5.97 Å². The summed E-state index contributed by atoms with van der Waals surface area (Å²) in [4.78, 5) is 15.5. The minimum Gasteiger partial charge on any atom is -0.478 e. The molecular formula is C15H15NO3S. The molecule has 1 aliphatic heterocycles. The zero-order valence-electron chi connectivity index (χ0n) is 10.9. The summed E-state index contributed by atoms with van der Waals surface area (Å²) < 4.78 is 5.38. The van der Waals surface area contributed by atoms with Crippen LogP contribution >= 0.6 is 11.3 Å². The Morgan fingerprint density at radius 3 is 2.85 bits per heavy atom. The topological polar surface area (TPSA) is 59.4 Å². The smallest absolute Gasteiger partial charge is 0.335 e. The zero-order chi connectivity index (χ0) is 13.9. The minimum atomic E-state index is -0.906. The normalized spacial score (nSPS) is 18.3. The van der Waals surface area contributed by atoms with Crippen molar-refractivity contribution in [3.8, 4) is 11.3 Å². The van der Waals surface area contributed by atoms with Crippen molar-refractivity contribution in [3.05, 3.63) is 40.2 Å². The lowest BCUT2D eigenvalue weighted by atomic mass is 10.1. The summed E-state index contributed by atoms with van der Waals surface area (Å²) in [6.07, 6.45) is 2.08. The third-order valence-corrected chi connectivity index (χ3v) is 4.34. The number of carboxylic acids is 1. The lowest BCUT2D eigenvalue weighted by Gasteiger charge is -2.03. The van der Waals surface area contributed by atoms with Gasteiger partial charge in [0.05, 0.1) is 16.3 Å². The maximum absolute atomic E-state index is 10.8. The van der Waals surface area contributed by atoms with Crippen molar-refractivity contribution >= 4 is 17.3 Å². The predicted octanol–water partition coefficient (Wildman–Crippen LogP) is 3.09. The largest absolute Gasteiger partial charge is 0.478 e. The third kappa shape index (κ3) is 2.89. The van der Waals surface area contributed by atoms with Crippen LogP contribution in [0.25, 0.3) is 11.3 Å². The summed E-state index contributed by atoms with van der Waals surface area (Å²) in [5.74, 6) is -0.319. The summed E-state index contributed by atoms with van der Waals surface area (Å²) in [5.41, 5.74) is 2.17. The van der Waals surface area contributed by atoms with Gasteiger partial charge in [0.1, 0.15) is 0 Å². The van der Waals surface area contributed by atoms with Crippen LogP contribution in [0.15, 0.2) is 29.6 Å². The number of carboxylic acid groups (broad SMARTS) is 1. The molecule has 0 radical (unpaired) electrons. The zero-order valence-corrected chi connectivity index (χ0v) is 11.7. The highest BCUT2D eigenvalue weighted by Gasteiger charge is 2.18. The molecule has 1 unspecified atom stereocenters. The fourth-order valence-corrected chi connectivity index (χ4v) is 3.23. The molecule has 2 aromatic rings.